The summed E-state index contributed by atoms with van der Waals surface area (Å²) >= 11 is 0. The van der Waals surface area contributed by atoms with Crippen LogP contribution >= 0.6 is 0 Å². The summed E-state index contributed by atoms with van der Waals surface area (Å²) in [5, 5.41) is 12.1. The van der Waals surface area contributed by atoms with Gasteiger partial charge in [0.2, 0.25) is 0 Å². The third-order valence-corrected chi connectivity index (χ3v) is 2.33. The van der Waals surface area contributed by atoms with Crippen molar-refractivity contribution in [2.24, 2.45) is 0 Å². The van der Waals surface area contributed by atoms with Crippen molar-refractivity contribution >= 4 is 0 Å². The highest BCUT2D eigenvalue weighted by molar-refractivity contribution is 5.14. The monoisotopic (exact) mass is 223 g/mol. The van der Waals surface area contributed by atoms with Crippen molar-refractivity contribution in [3.8, 4) is 0 Å². The van der Waals surface area contributed by atoms with Crippen molar-refractivity contribution < 1.29 is 9.84 Å². The Labute approximate surface area is 97.4 Å². The number of nitrogens with one attached hydrogen (secondary N) is 1. The van der Waals surface area contributed by atoms with E-state index in [1.807, 2.05) is 25.1 Å². The van der Waals surface area contributed by atoms with E-state index in [9.17, 15) is 0 Å². The van der Waals surface area contributed by atoms with Gasteiger partial charge < -0.3 is 15.2 Å². The van der Waals surface area contributed by atoms with Crippen molar-refractivity contribution in [2.45, 2.75) is 26.0 Å². The van der Waals surface area contributed by atoms with E-state index >= 15 is 0 Å². The Hall–Kier alpha value is -0.900. The van der Waals surface area contributed by atoms with Crippen molar-refractivity contribution in [2.75, 3.05) is 19.8 Å². The minimum atomic E-state index is -0.0471. The Morgan fingerprint density at radius 3 is 2.75 bits per heavy atom. The number of rotatable bonds is 8. The Bertz CT molecular complexity index is 264. The lowest BCUT2D eigenvalue weighted by atomic mass is 10.2. The molecule has 0 aliphatic heterocycles. The first-order chi connectivity index (χ1) is 7.83. The van der Waals surface area contributed by atoms with Crippen molar-refractivity contribution in [3.05, 3.63) is 35.9 Å². The number of aliphatic hydroxyl groups excluding tert-OH is 1. The summed E-state index contributed by atoms with van der Waals surface area (Å²) in [6.45, 7) is 4.50. The Morgan fingerprint density at radius 1 is 1.31 bits per heavy atom. The highest BCUT2D eigenvalue weighted by atomic mass is 16.5. The van der Waals surface area contributed by atoms with Gasteiger partial charge in [0, 0.05) is 13.2 Å². The summed E-state index contributed by atoms with van der Waals surface area (Å²) in [5.74, 6) is 0. The summed E-state index contributed by atoms with van der Waals surface area (Å²) in [5.41, 5.74) is 1.30. The predicted octanol–water partition coefficient (Wildman–Crippen LogP) is 1.56. The molecule has 2 N–H and O–H groups in total. The number of ether oxygens (including phenoxy) is 1. The molecule has 0 fully saturated rings. The quantitative estimate of drug-likeness (QED) is 0.657. The second-order valence-corrected chi connectivity index (χ2v) is 3.88. The molecule has 0 spiro atoms. The zero-order chi connectivity index (χ0) is 11.6. The van der Waals surface area contributed by atoms with Crippen LogP contribution in [0.4, 0.5) is 0 Å². The maximum absolute atomic E-state index is 8.75. The average molecular weight is 223 g/mol. The fourth-order valence-electron chi connectivity index (χ4n) is 1.36. The molecule has 1 unspecified atom stereocenters. The average Bonchev–Trinajstić information content (AvgIpc) is 2.34. The molecule has 0 bridgehead atoms. The van der Waals surface area contributed by atoms with Crippen LogP contribution in [-0.4, -0.2) is 31.0 Å². The van der Waals surface area contributed by atoms with Gasteiger partial charge in [-0.3, -0.25) is 0 Å². The summed E-state index contributed by atoms with van der Waals surface area (Å²) < 4.78 is 5.35. The Morgan fingerprint density at radius 2 is 2.06 bits per heavy atom. The molecular weight excluding hydrogens is 202 g/mol. The van der Waals surface area contributed by atoms with E-state index in [1.54, 1.807) is 0 Å². The van der Waals surface area contributed by atoms with Crippen molar-refractivity contribution in [3.63, 3.8) is 0 Å². The number of hydrogen-bond donors (Lipinski definition) is 2. The fraction of sp³-hybridized carbons (Fsp3) is 0.538. The van der Waals surface area contributed by atoms with Gasteiger partial charge in [0.1, 0.15) is 0 Å². The van der Waals surface area contributed by atoms with Gasteiger partial charge in [-0.1, -0.05) is 30.3 Å². The highest BCUT2D eigenvalue weighted by Gasteiger charge is 1.98. The molecule has 90 valence electrons. The molecule has 0 radical (unpaired) electrons. The maximum atomic E-state index is 8.75. The zero-order valence-corrected chi connectivity index (χ0v) is 9.86. The van der Waals surface area contributed by atoms with Crippen LogP contribution in [0.25, 0.3) is 0 Å². The first kappa shape index (κ1) is 13.2. The van der Waals surface area contributed by atoms with Gasteiger partial charge in [0.25, 0.3) is 0 Å². The summed E-state index contributed by atoms with van der Waals surface area (Å²) in [6, 6.07) is 10.3. The molecule has 0 aromatic heterocycles. The second kappa shape index (κ2) is 8.28. The van der Waals surface area contributed by atoms with E-state index in [2.05, 4.69) is 17.4 Å². The summed E-state index contributed by atoms with van der Waals surface area (Å²) in [7, 11) is 0. The summed E-state index contributed by atoms with van der Waals surface area (Å²) in [6.07, 6.45) is 0.922. The third-order valence-electron chi connectivity index (χ3n) is 2.33. The van der Waals surface area contributed by atoms with Gasteiger partial charge in [-0.25, -0.2) is 0 Å². The molecule has 0 heterocycles. The normalized spacial score (nSPS) is 12.6. The molecule has 1 atom stereocenters. The number of benzene rings is 1. The lowest BCUT2D eigenvalue weighted by Gasteiger charge is -2.10. The van der Waals surface area contributed by atoms with Crippen LogP contribution in [0.15, 0.2) is 30.3 Å². The smallest absolute Gasteiger partial charge is 0.0777 e. The lowest BCUT2D eigenvalue weighted by molar-refractivity contribution is 0.0240. The highest BCUT2D eigenvalue weighted by Crippen LogP contribution is 1.97. The minimum absolute atomic E-state index is 0.0471. The van der Waals surface area contributed by atoms with Crippen LogP contribution in [0.2, 0.25) is 0 Å². The topological polar surface area (TPSA) is 41.5 Å². The fourth-order valence-corrected chi connectivity index (χ4v) is 1.36. The molecule has 3 nitrogen and oxygen atoms in total. The molecular formula is C13H21NO2. The van der Waals surface area contributed by atoms with E-state index in [0.717, 1.165) is 19.5 Å². The van der Waals surface area contributed by atoms with E-state index < -0.39 is 0 Å². The molecule has 3 heteroatoms. The van der Waals surface area contributed by atoms with Crippen LogP contribution in [-0.2, 0) is 11.3 Å². The first-order valence-corrected chi connectivity index (χ1v) is 5.80. The molecule has 0 aliphatic rings. The van der Waals surface area contributed by atoms with Crippen LogP contribution in [0.1, 0.15) is 18.9 Å². The third kappa shape index (κ3) is 5.85. The summed E-state index contributed by atoms with van der Waals surface area (Å²) in [4.78, 5) is 0. The molecule has 0 saturated heterocycles. The molecule has 1 rings (SSSR count). The van der Waals surface area contributed by atoms with E-state index in [1.165, 1.54) is 5.56 Å². The SMILES string of the molecule is CC(CO)OCCCNCc1ccccc1. The van der Waals surface area contributed by atoms with Crippen LogP contribution in [0.5, 0.6) is 0 Å². The van der Waals surface area contributed by atoms with Gasteiger partial charge in [0.05, 0.1) is 12.7 Å². The van der Waals surface area contributed by atoms with E-state index in [0.29, 0.717) is 6.61 Å². The minimum Gasteiger partial charge on any atom is -0.394 e. The standard InChI is InChI=1S/C13H21NO2/c1-12(11-15)16-9-5-8-14-10-13-6-3-2-4-7-13/h2-4,6-7,12,14-15H,5,8-11H2,1H3. The van der Waals surface area contributed by atoms with Gasteiger partial charge in [0.15, 0.2) is 0 Å². The molecule has 1 aromatic rings. The molecule has 1 aromatic carbocycles. The largest absolute Gasteiger partial charge is 0.394 e. The van der Waals surface area contributed by atoms with Crippen LogP contribution < -0.4 is 5.32 Å². The Balaban J connectivity index is 1.96. The molecule has 0 amide bonds. The zero-order valence-electron chi connectivity index (χ0n) is 9.86. The van der Waals surface area contributed by atoms with Crippen LogP contribution in [0.3, 0.4) is 0 Å². The van der Waals surface area contributed by atoms with Gasteiger partial charge in [-0.05, 0) is 25.5 Å². The van der Waals surface area contributed by atoms with Gasteiger partial charge >= 0.3 is 0 Å². The second-order valence-electron chi connectivity index (χ2n) is 3.88. The number of hydrogen-bond acceptors (Lipinski definition) is 3. The maximum Gasteiger partial charge on any atom is 0.0777 e. The van der Waals surface area contributed by atoms with Crippen molar-refractivity contribution in [1.29, 1.82) is 0 Å². The van der Waals surface area contributed by atoms with Crippen molar-refractivity contribution in [1.82, 2.24) is 5.32 Å². The van der Waals surface area contributed by atoms with E-state index in [4.69, 9.17) is 9.84 Å². The molecule has 16 heavy (non-hydrogen) atoms. The molecule has 0 aliphatic carbocycles. The number of aliphatic hydroxyl groups is 1. The Kier molecular flexibility index (Phi) is 6.81. The van der Waals surface area contributed by atoms with E-state index in [-0.39, 0.29) is 12.7 Å². The molecule has 0 saturated carbocycles. The first-order valence-electron chi connectivity index (χ1n) is 5.80. The van der Waals surface area contributed by atoms with Gasteiger partial charge in [-0.2, -0.15) is 0 Å². The lowest BCUT2D eigenvalue weighted by Crippen LogP contribution is -2.19. The van der Waals surface area contributed by atoms with Gasteiger partial charge in [-0.15, -0.1) is 0 Å². The van der Waals surface area contributed by atoms with Crippen LogP contribution in [0, 0.1) is 0 Å². The predicted molar refractivity (Wildman–Crippen MR) is 65.3 cm³/mol.